The second-order valence-electron chi connectivity index (χ2n) is 8.15. The Morgan fingerprint density at radius 2 is 1.60 bits per heavy atom. The first-order chi connectivity index (χ1) is 14.3. The van der Waals surface area contributed by atoms with Crippen molar-refractivity contribution in [3.05, 3.63) is 46.4 Å². The minimum atomic E-state index is -0.972. The van der Waals surface area contributed by atoms with E-state index in [4.69, 9.17) is 0 Å². The summed E-state index contributed by atoms with van der Waals surface area (Å²) >= 11 is 0. The molecule has 0 unspecified atom stereocenters. The third-order valence-corrected chi connectivity index (χ3v) is 6.44. The molecule has 2 aliphatic rings. The maximum absolute atomic E-state index is 13.0. The van der Waals surface area contributed by atoms with E-state index < -0.39 is 11.9 Å². The number of hydrogen-bond donors (Lipinski definition) is 1. The number of anilines is 1. The Balaban J connectivity index is 1.60. The molecule has 3 atom stereocenters. The zero-order valence-electron chi connectivity index (χ0n) is 17.4. The predicted molar refractivity (Wildman–Crippen MR) is 111 cm³/mol. The van der Waals surface area contributed by atoms with E-state index in [1.54, 1.807) is 30.8 Å². The lowest BCUT2D eigenvalue weighted by Gasteiger charge is -2.22. The Labute approximate surface area is 174 Å². The van der Waals surface area contributed by atoms with Crippen LogP contribution in [0.4, 0.5) is 5.69 Å². The smallest absolute Gasteiger partial charge is 0.295 e. The van der Waals surface area contributed by atoms with Gasteiger partial charge in [-0.25, -0.2) is 4.68 Å². The van der Waals surface area contributed by atoms with Crippen molar-refractivity contribution in [3.63, 3.8) is 0 Å². The molecule has 1 aliphatic carbocycles. The maximum atomic E-state index is 13.0. The van der Waals surface area contributed by atoms with Gasteiger partial charge in [-0.2, -0.15) is 0 Å². The largest absolute Gasteiger partial charge is 0.318 e. The number of benzene rings is 1. The van der Waals surface area contributed by atoms with Gasteiger partial charge in [-0.1, -0.05) is 31.0 Å². The molecule has 2 fully saturated rings. The normalized spacial score (nSPS) is 22.2. The first kappa shape index (κ1) is 20.1. The molecule has 1 saturated heterocycles. The zero-order valence-corrected chi connectivity index (χ0v) is 17.4. The van der Waals surface area contributed by atoms with Gasteiger partial charge >= 0.3 is 0 Å². The van der Waals surface area contributed by atoms with E-state index in [1.165, 1.54) is 11.6 Å². The number of nitrogens with one attached hydrogen (secondary N) is 1. The molecule has 8 heteroatoms. The first-order valence-corrected chi connectivity index (χ1v) is 10.3. The summed E-state index contributed by atoms with van der Waals surface area (Å²) in [6.45, 7) is 3.28. The van der Waals surface area contributed by atoms with Crippen molar-refractivity contribution in [3.8, 4) is 5.69 Å². The Morgan fingerprint density at radius 1 is 1.03 bits per heavy atom. The molecule has 1 N–H and O–H groups in total. The fraction of sp³-hybridized carbons (Fsp3) is 0.455. The van der Waals surface area contributed by atoms with Gasteiger partial charge in [-0.05, 0) is 38.8 Å². The summed E-state index contributed by atoms with van der Waals surface area (Å²) in [6.07, 6.45) is 3.24. The minimum Gasteiger partial charge on any atom is -0.318 e. The van der Waals surface area contributed by atoms with E-state index in [-0.39, 0.29) is 34.9 Å². The highest BCUT2D eigenvalue weighted by molar-refractivity contribution is 6.09. The molecule has 0 spiro atoms. The average molecular weight is 410 g/mol. The van der Waals surface area contributed by atoms with Crippen LogP contribution in [0, 0.1) is 18.8 Å². The van der Waals surface area contributed by atoms with E-state index in [2.05, 4.69) is 5.32 Å². The molecule has 1 saturated carbocycles. The van der Waals surface area contributed by atoms with Gasteiger partial charge in [-0.3, -0.25) is 28.8 Å². The summed E-state index contributed by atoms with van der Waals surface area (Å²) < 4.78 is 3.13. The first-order valence-electron chi connectivity index (χ1n) is 10.3. The van der Waals surface area contributed by atoms with Crippen LogP contribution in [0.3, 0.4) is 0 Å². The standard InChI is InChI=1S/C22H26N4O4/c1-13-18(22(30)26(24(13)3)15-9-5-4-6-10-15)23-19(27)14(2)25-20(28)16-11-7-8-12-17(16)21(25)29/h4-6,9-10,14,16-17H,7-8,11-12H2,1-3H3,(H,23,27)/t14-,16-,17+/m0/s1. The monoisotopic (exact) mass is 410 g/mol. The van der Waals surface area contributed by atoms with Crippen LogP contribution in [-0.2, 0) is 21.4 Å². The van der Waals surface area contributed by atoms with Crippen LogP contribution in [0.25, 0.3) is 5.69 Å². The summed E-state index contributed by atoms with van der Waals surface area (Å²) in [7, 11) is 1.74. The summed E-state index contributed by atoms with van der Waals surface area (Å²) in [5, 5.41) is 2.67. The highest BCUT2D eigenvalue weighted by Crippen LogP contribution is 2.38. The van der Waals surface area contributed by atoms with E-state index in [0.717, 1.165) is 17.7 Å². The quantitative estimate of drug-likeness (QED) is 0.780. The van der Waals surface area contributed by atoms with E-state index in [1.807, 2.05) is 18.2 Å². The number of imide groups is 1. The third-order valence-electron chi connectivity index (χ3n) is 6.44. The van der Waals surface area contributed by atoms with Gasteiger partial charge in [0.25, 0.3) is 5.56 Å². The SMILES string of the molecule is Cc1c(NC(=O)[C@H](C)N2C(=O)[C@H]3CCCC[C@H]3C2=O)c(=O)n(-c2ccccc2)n1C. The molecule has 30 heavy (non-hydrogen) atoms. The number of carbonyl (C=O) groups excluding carboxylic acids is 3. The van der Waals surface area contributed by atoms with Gasteiger partial charge in [0.1, 0.15) is 11.7 Å². The highest BCUT2D eigenvalue weighted by Gasteiger charge is 2.50. The number of likely N-dealkylation sites (tertiary alicyclic amines) is 1. The molecular weight excluding hydrogens is 384 g/mol. The maximum Gasteiger partial charge on any atom is 0.295 e. The van der Waals surface area contributed by atoms with Crippen LogP contribution in [0.1, 0.15) is 38.3 Å². The summed E-state index contributed by atoms with van der Waals surface area (Å²) in [4.78, 5) is 52.6. The van der Waals surface area contributed by atoms with Crippen LogP contribution in [0.5, 0.6) is 0 Å². The minimum absolute atomic E-state index is 0.148. The Morgan fingerprint density at radius 3 is 2.17 bits per heavy atom. The number of amides is 3. The lowest BCUT2D eigenvalue weighted by atomic mass is 9.81. The number of nitrogens with zero attached hydrogens (tertiary/aromatic N) is 3. The molecule has 1 aliphatic heterocycles. The number of rotatable bonds is 4. The molecule has 2 aromatic rings. The van der Waals surface area contributed by atoms with Gasteiger partial charge in [0.05, 0.1) is 23.2 Å². The number of carbonyl (C=O) groups is 3. The van der Waals surface area contributed by atoms with Crippen molar-refractivity contribution >= 4 is 23.4 Å². The number of hydrogen-bond acceptors (Lipinski definition) is 4. The van der Waals surface area contributed by atoms with Crippen molar-refractivity contribution < 1.29 is 14.4 Å². The second-order valence-corrected chi connectivity index (χ2v) is 8.15. The van der Waals surface area contributed by atoms with Crippen molar-refractivity contribution in [2.45, 2.75) is 45.6 Å². The van der Waals surface area contributed by atoms with Gasteiger partial charge in [0.2, 0.25) is 17.7 Å². The lowest BCUT2D eigenvalue weighted by Crippen LogP contribution is -2.46. The van der Waals surface area contributed by atoms with Gasteiger partial charge in [0.15, 0.2) is 0 Å². The van der Waals surface area contributed by atoms with Crippen LogP contribution in [0.2, 0.25) is 0 Å². The van der Waals surface area contributed by atoms with E-state index in [0.29, 0.717) is 24.2 Å². The van der Waals surface area contributed by atoms with Gasteiger partial charge < -0.3 is 5.32 Å². The van der Waals surface area contributed by atoms with E-state index in [9.17, 15) is 19.2 Å². The van der Waals surface area contributed by atoms with Crippen molar-refractivity contribution in [1.82, 2.24) is 14.3 Å². The topological polar surface area (TPSA) is 93.4 Å². The number of fused-ring (bicyclic) bond motifs is 1. The van der Waals surface area contributed by atoms with Crippen LogP contribution in [0.15, 0.2) is 35.1 Å². The molecule has 1 aromatic carbocycles. The van der Waals surface area contributed by atoms with Crippen molar-refractivity contribution in [2.24, 2.45) is 18.9 Å². The molecule has 1 aromatic heterocycles. The van der Waals surface area contributed by atoms with Crippen LogP contribution < -0.4 is 10.9 Å². The zero-order chi connectivity index (χ0) is 21.6. The van der Waals surface area contributed by atoms with Gasteiger partial charge in [0, 0.05) is 7.05 Å². The molecule has 8 nitrogen and oxygen atoms in total. The Kier molecular flexibility index (Phi) is 5.09. The van der Waals surface area contributed by atoms with Crippen molar-refractivity contribution in [2.75, 3.05) is 5.32 Å². The van der Waals surface area contributed by atoms with Gasteiger partial charge in [-0.15, -0.1) is 0 Å². The summed E-state index contributed by atoms with van der Waals surface area (Å²) in [5.41, 5.74) is 1.04. The highest BCUT2D eigenvalue weighted by atomic mass is 16.2. The molecule has 2 heterocycles. The summed E-state index contributed by atoms with van der Waals surface area (Å²) in [5.74, 6) is -1.69. The number of aromatic nitrogens is 2. The fourth-order valence-corrected chi connectivity index (χ4v) is 4.63. The lowest BCUT2D eigenvalue weighted by molar-refractivity contribution is -0.146. The van der Waals surface area contributed by atoms with E-state index >= 15 is 0 Å². The molecule has 3 amide bonds. The van der Waals surface area contributed by atoms with Crippen LogP contribution in [-0.4, -0.2) is 38.0 Å². The van der Waals surface area contributed by atoms with Crippen LogP contribution >= 0.6 is 0 Å². The molecule has 0 radical (unpaired) electrons. The fourth-order valence-electron chi connectivity index (χ4n) is 4.63. The molecule has 0 bridgehead atoms. The second kappa shape index (κ2) is 7.59. The molecular formula is C22H26N4O4. The Bertz CT molecular complexity index is 1040. The summed E-state index contributed by atoms with van der Waals surface area (Å²) in [6, 6.07) is 8.15. The molecule has 158 valence electrons. The number of para-hydroxylation sites is 1. The third kappa shape index (κ3) is 3.07. The molecule has 4 rings (SSSR count). The predicted octanol–water partition coefficient (Wildman–Crippen LogP) is 1.99. The average Bonchev–Trinajstić information content (AvgIpc) is 3.13. The van der Waals surface area contributed by atoms with Crippen molar-refractivity contribution in [1.29, 1.82) is 0 Å². The Hall–Kier alpha value is -3.16.